The third kappa shape index (κ3) is 1.76. The van der Waals surface area contributed by atoms with Crippen LogP contribution in [0.5, 0.6) is 0 Å². The summed E-state index contributed by atoms with van der Waals surface area (Å²) in [7, 11) is 0. The summed E-state index contributed by atoms with van der Waals surface area (Å²) in [4.78, 5) is 0. The molecule has 0 aromatic heterocycles. The average molecular weight is 140 g/mol. The van der Waals surface area contributed by atoms with Gasteiger partial charge in [0.2, 0.25) is 0 Å². The van der Waals surface area contributed by atoms with Gasteiger partial charge in [-0.2, -0.15) is 0 Å². The second kappa shape index (κ2) is 3.09. The Hall–Kier alpha value is -0.460. The van der Waals surface area contributed by atoms with Crippen molar-refractivity contribution in [1.29, 1.82) is 0 Å². The fraction of sp³-hybridized carbons (Fsp3) is 0.778. The molecule has 0 heterocycles. The fourth-order valence-corrected chi connectivity index (χ4v) is 1.45. The Kier molecular flexibility index (Phi) is 2.36. The zero-order valence-corrected chi connectivity index (χ0v) is 6.80. The molecule has 0 fully saturated rings. The van der Waals surface area contributed by atoms with E-state index in [4.69, 9.17) is 5.11 Å². The molecule has 0 amide bonds. The molecule has 0 unspecified atom stereocenters. The summed E-state index contributed by atoms with van der Waals surface area (Å²) in [5, 5.41) is 9.07. The third-order valence-electron chi connectivity index (χ3n) is 2.37. The van der Waals surface area contributed by atoms with E-state index in [1.54, 1.807) is 0 Å². The van der Waals surface area contributed by atoms with Crippen LogP contribution < -0.4 is 0 Å². The maximum absolute atomic E-state index is 9.07. The third-order valence-corrected chi connectivity index (χ3v) is 2.37. The standard InChI is InChI=1S/C9H16O/c1-7(2)8-3-5-9(10)6-4-8/h5,7-8,10H,3-4,6H2,1-2H3/t8-/m0/s1. The average Bonchev–Trinajstić information content (AvgIpc) is 1.88. The Morgan fingerprint density at radius 3 is 2.70 bits per heavy atom. The smallest absolute Gasteiger partial charge is 0.0883 e. The van der Waals surface area contributed by atoms with Gasteiger partial charge in [0, 0.05) is 6.42 Å². The molecular weight excluding hydrogens is 124 g/mol. The maximum Gasteiger partial charge on any atom is 0.0883 e. The van der Waals surface area contributed by atoms with Crippen LogP contribution in [0.1, 0.15) is 33.1 Å². The number of hydrogen-bond donors (Lipinski definition) is 1. The number of aliphatic hydroxyl groups is 1. The molecule has 1 atom stereocenters. The van der Waals surface area contributed by atoms with Crippen molar-refractivity contribution >= 4 is 0 Å². The predicted molar refractivity (Wildman–Crippen MR) is 42.9 cm³/mol. The van der Waals surface area contributed by atoms with Gasteiger partial charge in [0.25, 0.3) is 0 Å². The Balaban J connectivity index is 2.42. The second-order valence-electron chi connectivity index (χ2n) is 3.47. The van der Waals surface area contributed by atoms with E-state index in [1.807, 2.05) is 6.08 Å². The van der Waals surface area contributed by atoms with Crippen LogP contribution in [0.3, 0.4) is 0 Å². The van der Waals surface area contributed by atoms with Crippen molar-refractivity contribution in [1.82, 2.24) is 0 Å². The summed E-state index contributed by atoms with van der Waals surface area (Å²) < 4.78 is 0. The molecule has 0 aromatic rings. The van der Waals surface area contributed by atoms with Gasteiger partial charge in [-0.3, -0.25) is 0 Å². The second-order valence-corrected chi connectivity index (χ2v) is 3.47. The molecule has 1 rings (SSSR count). The van der Waals surface area contributed by atoms with Crippen LogP contribution in [0.25, 0.3) is 0 Å². The lowest BCUT2D eigenvalue weighted by Crippen LogP contribution is -2.11. The van der Waals surface area contributed by atoms with Gasteiger partial charge in [0.15, 0.2) is 0 Å². The Bertz CT molecular complexity index is 136. The van der Waals surface area contributed by atoms with Crippen LogP contribution in [-0.2, 0) is 0 Å². The highest BCUT2D eigenvalue weighted by Gasteiger charge is 2.16. The zero-order chi connectivity index (χ0) is 7.56. The quantitative estimate of drug-likeness (QED) is 0.593. The molecule has 0 saturated carbocycles. The van der Waals surface area contributed by atoms with Gasteiger partial charge in [-0.1, -0.05) is 13.8 Å². The van der Waals surface area contributed by atoms with E-state index in [1.165, 1.54) is 6.42 Å². The molecule has 1 heteroatoms. The SMILES string of the molecule is CC(C)[C@H]1CC=C(O)CC1. The van der Waals surface area contributed by atoms with Crippen LogP contribution in [-0.4, -0.2) is 5.11 Å². The van der Waals surface area contributed by atoms with Crippen molar-refractivity contribution in [3.05, 3.63) is 11.8 Å². The first-order chi connectivity index (χ1) is 4.70. The Morgan fingerprint density at radius 2 is 2.30 bits per heavy atom. The molecule has 0 aliphatic heterocycles. The van der Waals surface area contributed by atoms with Gasteiger partial charge in [0.05, 0.1) is 5.76 Å². The van der Waals surface area contributed by atoms with E-state index in [0.29, 0.717) is 5.76 Å². The molecular formula is C9H16O. The summed E-state index contributed by atoms with van der Waals surface area (Å²) in [5.41, 5.74) is 0. The normalized spacial score (nSPS) is 26.7. The van der Waals surface area contributed by atoms with Crippen LogP contribution in [0.15, 0.2) is 11.8 Å². The monoisotopic (exact) mass is 140 g/mol. The van der Waals surface area contributed by atoms with Gasteiger partial charge in [-0.05, 0) is 30.8 Å². The molecule has 0 bridgehead atoms. The molecule has 1 nitrogen and oxygen atoms in total. The van der Waals surface area contributed by atoms with Crippen molar-refractivity contribution in [2.75, 3.05) is 0 Å². The highest BCUT2D eigenvalue weighted by atomic mass is 16.3. The lowest BCUT2D eigenvalue weighted by molar-refractivity contribution is 0.294. The topological polar surface area (TPSA) is 20.2 Å². The Labute approximate surface area is 62.8 Å². The number of aliphatic hydroxyl groups excluding tert-OH is 1. The van der Waals surface area contributed by atoms with Gasteiger partial charge >= 0.3 is 0 Å². The first kappa shape index (κ1) is 7.64. The van der Waals surface area contributed by atoms with E-state index in [2.05, 4.69) is 13.8 Å². The molecule has 0 aromatic carbocycles. The van der Waals surface area contributed by atoms with Crippen molar-refractivity contribution < 1.29 is 5.11 Å². The fourth-order valence-electron chi connectivity index (χ4n) is 1.45. The first-order valence-corrected chi connectivity index (χ1v) is 4.08. The largest absolute Gasteiger partial charge is 0.513 e. The molecule has 10 heavy (non-hydrogen) atoms. The van der Waals surface area contributed by atoms with Crippen LogP contribution in [0.4, 0.5) is 0 Å². The van der Waals surface area contributed by atoms with Gasteiger partial charge < -0.3 is 5.11 Å². The van der Waals surface area contributed by atoms with Crippen LogP contribution in [0.2, 0.25) is 0 Å². The van der Waals surface area contributed by atoms with Crippen molar-refractivity contribution in [2.45, 2.75) is 33.1 Å². The molecule has 0 saturated heterocycles. The van der Waals surface area contributed by atoms with E-state index in [0.717, 1.165) is 24.7 Å². The minimum atomic E-state index is 0.594. The minimum Gasteiger partial charge on any atom is -0.513 e. The van der Waals surface area contributed by atoms with E-state index in [-0.39, 0.29) is 0 Å². The molecule has 1 aliphatic carbocycles. The van der Waals surface area contributed by atoms with E-state index >= 15 is 0 Å². The first-order valence-electron chi connectivity index (χ1n) is 4.08. The van der Waals surface area contributed by atoms with Crippen LogP contribution >= 0.6 is 0 Å². The summed E-state index contributed by atoms with van der Waals surface area (Å²) in [6.07, 6.45) is 5.10. The number of rotatable bonds is 1. The predicted octanol–water partition coefficient (Wildman–Crippen LogP) is 2.88. The van der Waals surface area contributed by atoms with E-state index in [9.17, 15) is 0 Å². The molecule has 1 aliphatic rings. The summed E-state index contributed by atoms with van der Waals surface area (Å²) in [6, 6.07) is 0. The number of hydrogen-bond acceptors (Lipinski definition) is 1. The van der Waals surface area contributed by atoms with Gasteiger partial charge in [0.1, 0.15) is 0 Å². The van der Waals surface area contributed by atoms with Crippen molar-refractivity contribution in [3.8, 4) is 0 Å². The lowest BCUT2D eigenvalue weighted by atomic mass is 9.85. The maximum atomic E-state index is 9.07. The molecule has 58 valence electrons. The molecule has 1 N–H and O–H groups in total. The summed E-state index contributed by atoms with van der Waals surface area (Å²) in [6.45, 7) is 4.50. The summed E-state index contributed by atoms with van der Waals surface area (Å²) in [5.74, 6) is 2.16. The molecule has 0 spiro atoms. The van der Waals surface area contributed by atoms with Gasteiger partial charge in [-0.25, -0.2) is 0 Å². The lowest BCUT2D eigenvalue weighted by Gasteiger charge is -2.22. The van der Waals surface area contributed by atoms with Crippen LogP contribution in [0, 0.1) is 11.8 Å². The van der Waals surface area contributed by atoms with Gasteiger partial charge in [-0.15, -0.1) is 0 Å². The summed E-state index contributed by atoms with van der Waals surface area (Å²) >= 11 is 0. The number of allylic oxidation sites excluding steroid dienone is 2. The van der Waals surface area contributed by atoms with Crippen molar-refractivity contribution in [2.24, 2.45) is 11.8 Å². The highest BCUT2D eigenvalue weighted by molar-refractivity contribution is 4.97. The molecule has 0 radical (unpaired) electrons. The van der Waals surface area contributed by atoms with E-state index < -0.39 is 0 Å². The highest BCUT2D eigenvalue weighted by Crippen LogP contribution is 2.27. The zero-order valence-electron chi connectivity index (χ0n) is 6.80. The Morgan fingerprint density at radius 1 is 1.60 bits per heavy atom. The minimum absolute atomic E-state index is 0.594. The van der Waals surface area contributed by atoms with Crippen molar-refractivity contribution in [3.63, 3.8) is 0 Å².